The predicted octanol–water partition coefficient (Wildman–Crippen LogP) is 2.23. The van der Waals surface area contributed by atoms with E-state index in [1.165, 1.54) is 19.2 Å². The van der Waals surface area contributed by atoms with Gasteiger partial charge in [-0.3, -0.25) is 14.9 Å². The lowest BCUT2D eigenvalue weighted by molar-refractivity contribution is -0.385. The van der Waals surface area contributed by atoms with Crippen LogP contribution in [0.4, 0.5) is 5.69 Å². The van der Waals surface area contributed by atoms with Gasteiger partial charge in [0.2, 0.25) is 11.7 Å². The van der Waals surface area contributed by atoms with Gasteiger partial charge in [0.05, 0.1) is 12.0 Å². The fourth-order valence-electron chi connectivity index (χ4n) is 1.59. The van der Waals surface area contributed by atoms with E-state index in [0.717, 1.165) is 0 Å². The Morgan fingerprint density at radius 1 is 1.21 bits per heavy atom. The van der Waals surface area contributed by atoms with E-state index in [2.05, 4.69) is 4.98 Å². The molecule has 6 nitrogen and oxygen atoms in total. The molecule has 0 radical (unpaired) electrons. The van der Waals surface area contributed by atoms with Crippen LogP contribution in [-0.4, -0.2) is 22.8 Å². The number of methoxy groups -OCH3 is 1. The van der Waals surface area contributed by atoms with E-state index in [4.69, 9.17) is 4.74 Å². The van der Waals surface area contributed by atoms with E-state index in [1.54, 1.807) is 30.3 Å². The maximum atomic E-state index is 12.2. The minimum atomic E-state index is -0.636. The summed E-state index contributed by atoms with van der Waals surface area (Å²) in [6, 6.07) is 10.8. The Morgan fingerprint density at radius 2 is 1.89 bits per heavy atom. The molecule has 0 aliphatic carbocycles. The molecule has 0 aliphatic rings. The third-order valence-electron chi connectivity index (χ3n) is 2.51. The number of nitro groups is 1. The van der Waals surface area contributed by atoms with E-state index in [1.807, 2.05) is 0 Å². The fourth-order valence-corrected chi connectivity index (χ4v) is 1.59. The summed E-state index contributed by atoms with van der Waals surface area (Å²) in [5.41, 5.74) is -0.225. The number of hydrogen-bond acceptors (Lipinski definition) is 5. The Balaban J connectivity index is 2.54. The summed E-state index contributed by atoms with van der Waals surface area (Å²) in [6.45, 7) is 0. The Kier molecular flexibility index (Phi) is 3.51. The number of benzene rings is 1. The van der Waals surface area contributed by atoms with Crippen LogP contribution in [0, 0.1) is 10.1 Å². The first-order valence-electron chi connectivity index (χ1n) is 5.42. The number of hydrogen-bond donors (Lipinski definition) is 0. The van der Waals surface area contributed by atoms with Crippen LogP contribution >= 0.6 is 0 Å². The van der Waals surface area contributed by atoms with Crippen molar-refractivity contribution >= 4 is 11.5 Å². The maximum Gasteiger partial charge on any atom is 0.299 e. The van der Waals surface area contributed by atoms with Crippen molar-refractivity contribution in [3.05, 3.63) is 63.8 Å². The molecular formula is C13H10N2O4. The summed E-state index contributed by atoms with van der Waals surface area (Å²) in [5, 5.41) is 10.9. The smallest absolute Gasteiger partial charge is 0.299 e. The normalized spacial score (nSPS) is 9.95. The third kappa shape index (κ3) is 2.57. The van der Waals surface area contributed by atoms with Crippen molar-refractivity contribution in [1.82, 2.24) is 4.98 Å². The molecule has 6 heteroatoms. The largest absolute Gasteiger partial charge is 0.481 e. The van der Waals surface area contributed by atoms with Crippen molar-refractivity contribution in [3.63, 3.8) is 0 Å². The maximum absolute atomic E-state index is 12.2. The van der Waals surface area contributed by atoms with Crippen LogP contribution in [0.1, 0.15) is 16.1 Å². The lowest BCUT2D eigenvalue weighted by Crippen LogP contribution is -2.08. The average Bonchev–Trinajstić information content (AvgIpc) is 2.46. The summed E-state index contributed by atoms with van der Waals surface area (Å²) in [4.78, 5) is 26.4. The van der Waals surface area contributed by atoms with Crippen molar-refractivity contribution in [1.29, 1.82) is 0 Å². The second-order valence-electron chi connectivity index (χ2n) is 3.67. The molecule has 0 amide bonds. The Bertz CT molecular complexity index is 626. The van der Waals surface area contributed by atoms with E-state index in [9.17, 15) is 14.9 Å². The van der Waals surface area contributed by atoms with Gasteiger partial charge in [-0.2, -0.15) is 0 Å². The number of ketones is 1. The first kappa shape index (κ1) is 12.7. The van der Waals surface area contributed by atoms with E-state index in [-0.39, 0.29) is 17.3 Å². The van der Waals surface area contributed by atoms with Gasteiger partial charge in [-0.25, -0.2) is 4.98 Å². The molecule has 0 fully saturated rings. The van der Waals surface area contributed by atoms with Crippen LogP contribution in [0.25, 0.3) is 0 Å². The molecule has 0 unspecified atom stereocenters. The monoisotopic (exact) mass is 258 g/mol. The molecule has 0 saturated heterocycles. The Morgan fingerprint density at radius 3 is 2.47 bits per heavy atom. The van der Waals surface area contributed by atoms with Crippen LogP contribution in [-0.2, 0) is 0 Å². The highest BCUT2D eigenvalue weighted by Gasteiger charge is 2.23. The SMILES string of the molecule is COc1ccc([N+](=O)[O-])c(C(=O)c2ccccc2)n1. The molecule has 1 aromatic heterocycles. The minimum absolute atomic E-state index is 0.157. The third-order valence-corrected chi connectivity index (χ3v) is 2.51. The summed E-state index contributed by atoms with van der Waals surface area (Å²) < 4.78 is 4.89. The van der Waals surface area contributed by atoms with Crippen molar-refractivity contribution in [3.8, 4) is 5.88 Å². The lowest BCUT2D eigenvalue weighted by Gasteiger charge is -2.04. The van der Waals surface area contributed by atoms with E-state index >= 15 is 0 Å². The van der Waals surface area contributed by atoms with Crippen LogP contribution < -0.4 is 4.74 Å². The molecule has 96 valence electrons. The van der Waals surface area contributed by atoms with Gasteiger partial charge >= 0.3 is 0 Å². The highest BCUT2D eigenvalue weighted by atomic mass is 16.6. The highest BCUT2D eigenvalue weighted by Crippen LogP contribution is 2.22. The second-order valence-corrected chi connectivity index (χ2v) is 3.67. The van der Waals surface area contributed by atoms with Crippen LogP contribution in [0.5, 0.6) is 5.88 Å². The van der Waals surface area contributed by atoms with Crippen LogP contribution in [0.15, 0.2) is 42.5 Å². The van der Waals surface area contributed by atoms with Gasteiger partial charge < -0.3 is 4.74 Å². The minimum Gasteiger partial charge on any atom is -0.481 e. The Hall–Kier alpha value is -2.76. The van der Waals surface area contributed by atoms with E-state index in [0.29, 0.717) is 5.56 Å². The van der Waals surface area contributed by atoms with Crippen molar-refractivity contribution in [2.24, 2.45) is 0 Å². The van der Waals surface area contributed by atoms with Crippen molar-refractivity contribution in [2.75, 3.05) is 7.11 Å². The van der Waals surface area contributed by atoms with Gasteiger partial charge in [-0.15, -0.1) is 0 Å². The number of aromatic nitrogens is 1. The highest BCUT2D eigenvalue weighted by molar-refractivity contribution is 6.10. The van der Waals surface area contributed by atoms with Gasteiger partial charge in [0.25, 0.3) is 5.69 Å². The second kappa shape index (κ2) is 5.26. The number of rotatable bonds is 4. The molecule has 0 atom stereocenters. The molecule has 1 heterocycles. The fraction of sp³-hybridized carbons (Fsp3) is 0.0769. The first-order valence-corrected chi connectivity index (χ1v) is 5.42. The Labute approximate surface area is 108 Å². The van der Waals surface area contributed by atoms with Crippen molar-refractivity contribution in [2.45, 2.75) is 0 Å². The van der Waals surface area contributed by atoms with Gasteiger partial charge in [0.1, 0.15) is 0 Å². The summed E-state index contributed by atoms with van der Waals surface area (Å²) in [7, 11) is 1.38. The molecule has 1 aromatic carbocycles. The summed E-state index contributed by atoms with van der Waals surface area (Å²) in [6.07, 6.45) is 0. The number of carbonyl (C=O) groups excluding carboxylic acids is 1. The average molecular weight is 258 g/mol. The van der Waals surface area contributed by atoms with Crippen LogP contribution in [0.3, 0.4) is 0 Å². The number of carbonyl (C=O) groups is 1. The zero-order valence-electron chi connectivity index (χ0n) is 10.1. The number of ether oxygens (including phenoxy) is 1. The van der Waals surface area contributed by atoms with Gasteiger partial charge in [-0.1, -0.05) is 30.3 Å². The van der Waals surface area contributed by atoms with Crippen molar-refractivity contribution < 1.29 is 14.5 Å². The zero-order chi connectivity index (χ0) is 13.8. The number of pyridine rings is 1. The molecule has 0 N–H and O–H groups in total. The summed E-state index contributed by atoms with van der Waals surface area (Å²) >= 11 is 0. The molecule has 0 bridgehead atoms. The molecule has 0 aliphatic heterocycles. The molecule has 19 heavy (non-hydrogen) atoms. The topological polar surface area (TPSA) is 82.3 Å². The standard InChI is InChI=1S/C13H10N2O4/c1-19-11-8-7-10(15(17)18)12(14-11)13(16)9-5-3-2-4-6-9/h2-8H,1H3. The van der Waals surface area contributed by atoms with Gasteiger partial charge in [0.15, 0.2) is 5.69 Å². The number of nitrogens with zero attached hydrogens (tertiary/aromatic N) is 2. The van der Waals surface area contributed by atoms with Gasteiger partial charge in [0, 0.05) is 17.7 Å². The quantitative estimate of drug-likeness (QED) is 0.477. The lowest BCUT2D eigenvalue weighted by atomic mass is 10.1. The zero-order valence-corrected chi connectivity index (χ0v) is 10.1. The molecule has 0 spiro atoms. The summed E-state index contributed by atoms with van der Waals surface area (Å²) in [5.74, 6) is -0.351. The van der Waals surface area contributed by atoms with Crippen LogP contribution in [0.2, 0.25) is 0 Å². The van der Waals surface area contributed by atoms with E-state index < -0.39 is 10.7 Å². The van der Waals surface area contributed by atoms with Gasteiger partial charge in [-0.05, 0) is 0 Å². The molecule has 2 rings (SSSR count). The molecule has 2 aromatic rings. The molecular weight excluding hydrogens is 248 g/mol. The molecule has 0 saturated carbocycles. The first-order chi connectivity index (χ1) is 9.13. The predicted molar refractivity (Wildman–Crippen MR) is 67.3 cm³/mol.